The predicted molar refractivity (Wildman–Crippen MR) is 174 cm³/mol. The maximum Gasteiger partial charge on any atom is 0.410 e. The number of likely N-dealkylation sites (tertiary alicyclic amines) is 2. The quantitative estimate of drug-likeness (QED) is 0.350. The molecule has 11 heteroatoms. The first-order chi connectivity index (χ1) is 21.0. The smallest absolute Gasteiger partial charge is 0.410 e. The van der Waals surface area contributed by atoms with Crippen LogP contribution < -0.4 is 10.6 Å². The van der Waals surface area contributed by atoms with Crippen molar-refractivity contribution in [2.45, 2.75) is 77.9 Å². The van der Waals surface area contributed by atoms with Gasteiger partial charge in [0.2, 0.25) is 5.91 Å². The van der Waals surface area contributed by atoms with Crippen molar-refractivity contribution in [3.05, 3.63) is 63.4 Å². The van der Waals surface area contributed by atoms with Crippen molar-refractivity contribution >= 4 is 46.9 Å². The molecule has 2 fully saturated rings. The van der Waals surface area contributed by atoms with Gasteiger partial charge in [0, 0.05) is 42.5 Å². The third kappa shape index (κ3) is 6.61. The molecule has 0 unspecified atom stereocenters. The van der Waals surface area contributed by atoms with Gasteiger partial charge in [-0.3, -0.25) is 4.79 Å². The predicted octanol–water partition coefficient (Wildman–Crippen LogP) is 7.79. The number of anilines is 1. The lowest BCUT2D eigenvalue weighted by molar-refractivity contribution is -0.123. The number of benzene rings is 2. The summed E-state index contributed by atoms with van der Waals surface area (Å²) in [5, 5.41) is 6.50. The fourth-order valence-corrected chi connectivity index (χ4v) is 7.60. The Morgan fingerprint density at radius 2 is 1.78 bits per heavy atom. The van der Waals surface area contributed by atoms with E-state index in [-0.39, 0.29) is 52.4 Å². The van der Waals surface area contributed by atoms with E-state index in [1.807, 2.05) is 26.8 Å². The van der Waals surface area contributed by atoms with Crippen molar-refractivity contribution in [1.82, 2.24) is 15.1 Å². The Morgan fingerprint density at radius 3 is 2.42 bits per heavy atom. The highest BCUT2D eigenvalue weighted by atomic mass is 35.5. The van der Waals surface area contributed by atoms with E-state index >= 15 is 4.39 Å². The van der Waals surface area contributed by atoms with E-state index in [1.165, 1.54) is 6.07 Å². The monoisotopic (exact) mass is 660 g/mol. The molecule has 3 atom stereocenters. The average molecular weight is 662 g/mol. The molecular weight excluding hydrogens is 618 g/mol. The van der Waals surface area contributed by atoms with E-state index in [0.717, 1.165) is 0 Å². The Hall–Kier alpha value is -3.04. The lowest BCUT2D eigenvalue weighted by atomic mass is 9.63. The van der Waals surface area contributed by atoms with E-state index < -0.39 is 22.9 Å². The molecule has 2 aromatic rings. The molecule has 2 aromatic carbocycles. The summed E-state index contributed by atoms with van der Waals surface area (Å²) >= 11 is 12.6. The number of hydrogen-bond acceptors (Lipinski definition) is 4. The fourth-order valence-electron chi connectivity index (χ4n) is 7.25. The molecule has 2 saturated heterocycles. The van der Waals surface area contributed by atoms with Crippen LogP contribution in [0, 0.1) is 23.1 Å². The third-order valence-corrected chi connectivity index (χ3v) is 9.59. The minimum Gasteiger partial charge on any atom is -0.444 e. The molecule has 4 amide bonds. The van der Waals surface area contributed by atoms with Gasteiger partial charge in [-0.2, -0.15) is 0 Å². The van der Waals surface area contributed by atoms with Crippen LogP contribution in [0.3, 0.4) is 0 Å². The summed E-state index contributed by atoms with van der Waals surface area (Å²) < 4.78 is 21.5. The Kier molecular flexibility index (Phi) is 9.10. The highest BCUT2D eigenvalue weighted by Gasteiger charge is 2.65. The lowest BCUT2D eigenvalue weighted by Gasteiger charge is -2.38. The summed E-state index contributed by atoms with van der Waals surface area (Å²) in [6.45, 7) is 13.5. The molecule has 0 radical (unpaired) electrons. The van der Waals surface area contributed by atoms with E-state index in [2.05, 4.69) is 31.4 Å². The van der Waals surface area contributed by atoms with Gasteiger partial charge in [0.25, 0.3) is 0 Å². The number of nitrogens with one attached hydrogen (secondary N) is 2. The molecule has 0 saturated carbocycles. The van der Waals surface area contributed by atoms with Crippen LogP contribution in [0.25, 0.3) is 0 Å². The molecule has 0 bridgehead atoms. The number of nitrogens with zero attached hydrogens (tertiary/aromatic N) is 2. The van der Waals surface area contributed by atoms with Gasteiger partial charge in [0.05, 0.1) is 11.1 Å². The number of ether oxygens (including phenoxy) is 1. The number of amides is 4. The highest BCUT2D eigenvalue weighted by Crippen LogP contribution is 2.60. The summed E-state index contributed by atoms with van der Waals surface area (Å²) in [5.41, 5.74) is -0.577. The van der Waals surface area contributed by atoms with E-state index in [4.69, 9.17) is 27.9 Å². The first-order valence-electron chi connectivity index (χ1n) is 15.6. The molecule has 3 aliphatic heterocycles. The Balaban J connectivity index is 1.45. The minimum absolute atomic E-state index is 0.0752. The second kappa shape index (κ2) is 12.3. The summed E-state index contributed by atoms with van der Waals surface area (Å²) in [4.78, 5) is 44.3. The molecule has 3 heterocycles. The summed E-state index contributed by atoms with van der Waals surface area (Å²) in [7, 11) is 0. The first-order valence-corrected chi connectivity index (χ1v) is 16.3. The number of fused-ring (bicyclic) bond motifs is 2. The number of rotatable bonds is 4. The molecule has 5 rings (SSSR count). The van der Waals surface area contributed by atoms with E-state index in [0.29, 0.717) is 55.2 Å². The Morgan fingerprint density at radius 1 is 1.09 bits per heavy atom. The van der Waals surface area contributed by atoms with Gasteiger partial charge in [0.1, 0.15) is 16.8 Å². The van der Waals surface area contributed by atoms with Crippen LogP contribution in [-0.2, 0) is 14.9 Å². The van der Waals surface area contributed by atoms with Crippen molar-refractivity contribution in [3.63, 3.8) is 0 Å². The van der Waals surface area contributed by atoms with Gasteiger partial charge < -0.3 is 25.2 Å². The van der Waals surface area contributed by atoms with Crippen molar-refractivity contribution in [2.24, 2.45) is 17.3 Å². The van der Waals surface area contributed by atoms with Crippen molar-refractivity contribution in [1.29, 1.82) is 0 Å². The van der Waals surface area contributed by atoms with Gasteiger partial charge >= 0.3 is 12.1 Å². The normalized spacial score (nSPS) is 23.7. The van der Waals surface area contributed by atoms with Crippen LogP contribution in [0.4, 0.5) is 19.7 Å². The zero-order chi connectivity index (χ0) is 32.9. The highest BCUT2D eigenvalue weighted by molar-refractivity contribution is 6.31. The average Bonchev–Trinajstić information content (AvgIpc) is 3.41. The first kappa shape index (κ1) is 33.3. The van der Waals surface area contributed by atoms with E-state index in [1.54, 1.807) is 34.1 Å². The van der Waals surface area contributed by atoms with Crippen LogP contribution in [0.5, 0.6) is 0 Å². The van der Waals surface area contributed by atoms with Crippen LogP contribution in [0.1, 0.15) is 78.0 Å². The van der Waals surface area contributed by atoms with Crippen LogP contribution in [0.2, 0.25) is 10.0 Å². The number of halogens is 3. The molecule has 8 nitrogen and oxygen atoms in total. The van der Waals surface area contributed by atoms with Gasteiger partial charge in [-0.05, 0) is 81.0 Å². The van der Waals surface area contributed by atoms with Crippen molar-refractivity contribution < 1.29 is 23.5 Å². The van der Waals surface area contributed by atoms with Gasteiger partial charge in [-0.1, -0.05) is 62.2 Å². The second-order valence-corrected chi connectivity index (χ2v) is 15.6. The summed E-state index contributed by atoms with van der Waals surface area (Å²) in [6.07, 6.45) is 1.69. The number of urea groups is 1. The molecular formula is C34H43Cl2FN4O4. The van der Waals surface area contributed by atoms with Crippen LogP contribution >= 0.6 is 23.2 Å². The molecule has 0 aliphatic carbocycles. The largest absolute Gasteiger partial charge is 0.444 e. The van der Waals surface area contributed by atoms with Gasteiger partial charge in [-0.15, -0.1) is 0 Å². The van der Waals surface area contributed by atoms with Crippen molar-refractivity contribution in [2.75, 3.05) is 31.5 Å². The summed E-state index contributed by atoms with van der Waals surface area (Å²) in [6, 6.07) is 8.64. The fraction of sp³-hybridized carbons (Fsp3) is 0.559. The molecule has 0 aromatic heterocycles. The van der Waals surface area contributed by atoms with Gasteiger partial charge in [-0.25, -0.2) is 14.0 Å². The SMILES string of the molecule is CC(C)(C)C[C@@H]1CN(C(=O)NCC2CCN(C(=O)OC(C)(C)C)CC2)[C@H](c2cccc(Cl)c2F)[C@]12C(=O)Nc1cc(Cl)ccc12. The van der Waals surface area contributed by atoms with Crippen LogP contribution in [-0.4, -0.2) is 59.6 Å². The topological polar surface area (TPSA) is 91.0 Å². The standard InChI is InChI=1S/C34H43Cl2FN4O4/c1-32(2,3)17-21-19-41(30(43)38-18-20-12-14-40(15-13-20)31(44)45-33(4,5)6)28(23-8-7-9-25(36)27(23)37)34(21)24-11-10-22(35)16-26(24)39-29(34)42/h7-11,16,20-21,28H,12-15,17-19H2,1-6H3,(H,38,43)(H,39,42)/t21-,28-,34+/m1/s1. The molecule has 244 valence electrons. The lowest BCUT2D eigenvalue weighted by Crippen LogP contribution is -2.49. The number of hydrogen-bond donors (Lipinski definition) is 2. The van der Waals surface area contributed by atoms with Gasteiger partial charge in [0.15, 0.2) is 0 Å². The summed E-state index contributed by atoms with van der Waals surface area (Å²) in [5.74, 6) is -1.12. The minimum atomic E-state index is -1.27. The Bertz CT molecular complexity index is 1480. The second-order valence-electron chi connectivity index (χ2n) is 14.8. The number of carbonyl (C=O) groups excluding carboxylic acids is 3. The maximum atomic E-state index is 16.0. The van der Waals surface area contributed by atoms with E-state index in [9.17, 15) is 14.4 Å². The number of carbonyl (C=O) groups is 3. The molecule has 2 N–H and O–H groups in total. The van der Waals surface area contributed by atoms with Crippen molar-refractivity contribution in [3.8, 4) is 0 Å². The number of piperidine rings is 1. The Labute approximate surface area is 274 Å². The molecule has 3 aliphatic rings. The van der Waals surface area contributed by atoms with Crippen LogP contribution in [0.15, 0.2) is 36.4 Å². The zero-order valence-corrected chi connectivity index (χ0v) is 28.3. The zero-order valence-electron chi connectivity index (χ0n) is 26.8. The molecule has 1 spiro atoms. The maximum absolute atomic E-state index is 16.0. The molecule has 45 heavy (non-hydrogen) atoms. The third-order valence-electron chi connectivity index (χ3n) is 9.06.